The first-order valence-corrected chi connectivity index (χ1v) is 32.6. The van der Waals surface area contributed by atoms with Gasteiger partial charge in [-0.25, -0.2) is 32.3 Å². The van der Waals surface area contributed by atoms with Crippen molar-refractivity contribution in [3.05, 3.63) is 12.3 Å². The van der Waals surface area contributed by atoms with Crippen molar-refractivity contribution in [2.24, 2.45) is 11.8 Å². The van der Waals surface area contributed by atoms with Crippen LogP contribution in [-0.4, -0.2) is 189 Å². The predicted molar refractivity (Wildman–Crippen MR) is 303 cm³/mol. The number of allylic oxidation sites excluding steroid dienone is 1. The maximum atomic E-state index is 12.1. The lowest BCUT2D eigenvalue weighted by Crippen LogP contribution is -2.47. The quantitative estimate of drug-likeness (QED) is 0.113. The molecule has 0 aromatic rings. The second-order valence-electron chi connectivity index (χ2n) is 23.6. The summed E-state index contributed by atoms with van der Waals surface area (Å²) in [5, 5.41) is 3.37. The molecule has 4 N–H and O–H groups in total. The number of likely N-dealkylation sites (tertiary alicyclic amines) is 4. The van der Waals surface area contributed by atoms with Crippen molar-refractivity contribution < 1.29 is 71.7 Å². The summed E-state index contributed by atoms with van der Waals surface area (Å²) in [4.78, 5) is 54.6. The molecule has 5 aliphatic rings. The molecule has 0 spiro atoms. The second kappa shape index (κ2) is 32.2. The van der Waals surface area contributed by atoms with Gasteiger partial charge in [0.25, 0.3) is 0 Å². The van der Waals surface area contributed by atoms with Gasteiger partial charge in [0, 0.05) is 89.1 Å². The van der Waals surface area contributed by atoms with Crippen molar-refractivity contribution in [1.82, 2.24) is 39.1 Å². The lowest BCUT2D eigenvalue weighted by Gasteiger charge is -2.35. The van der Waals surface area contributed by atoms with Gasteiger partial charge in [-0.3, -0.25) is 8.37 Å². The largest absolute Gasteiger partial charge is 0.446 e. The normalized spacial score (nSPS) is 19.1. The molecule has 0 bridgehead atoms. The predicted octanol–water partition coefficient (Wildman–Crippen LogP) is 6.98. The number of hydrogen-bond donors (Lipinski definition) is 4. The number of piperidine rings is 4. The van der Waals surface area contributed by atoms with Gasteiger partial charge < -0.3 is 43.9 Å². The van der Waals surface area contributed by atoms with Crippen LogP contribution in [0.5, 0.6) is 0 Å². The highest BCUT2D eigenvalue weighted by atomic mass is 32.2. The van der Waals surface area contributed by atoms with Crippen molar-refractivity contribution in [3.63, 3.8) is 0 Å². The molecule has 0 atom stereocenters. The molecule has 4 aliphatic heterocycles. The Balaban J connectivity index is 0.000000360. The zero-order valence-corrected chi connectivity index (χ0v) is 52.6. The number of sulfonamides is 1. The smallest absolute Gasteiger partial charge is 0.410 e. The Morgan fingerprint density at radius 3 is 1.41 bits per heavy atom. The SMILES string of the molecule is C=C(NC(C)C)C1CCN(C(=O)OC(C)(C)C)CC1.CCC(C)(C)OC(=O)N1CCC(NS(C)(=O)=O)CC1.CNS(=O)(=O)OC1CCN(C(=O)OC(C)(C)C(C)C)CC1.COS(=O)(=O)NC1CCN(C(=O)OC2CCCC2)CC1. The summed E-state index contributed by atoms with van der Waals surface area (Å²) < 4.78 is 106. The molecule has 5 fully saturated rings. The van der Waals surface area contributed by atoms with Gasteiger partial charge in [-0.15, -0.1) is 0 Å². The fourth-order valence-electron chi connectivity index (χ4n) is 8.51. The first kappa shape index (κ1) is 71.4. The van der Waals surface area contributed by atoms with E-state index in [1.165, 1.54) is 7.05 Å². The van der Waals surface area contributed by atoms with Crippen LogP contribution in [-0.2, 0) is 57.9 Å². The third-order valence-corrected chi connectivity index (χ3v) is 17.1. The van der Waals surface area contributed by atoms with Gasteiger partial charge >= 0.3 is 45.0 Å². The average Bonchev–Trinajstić information content (AvgIpc) is 3.86. The van der Waals surface area contributed by atoms with E-state index in [0.717, 1.165) is 77.1 Å². The van der Waals surface area contributed by atoms with Crippen molar-refractivity contribution in [3.8, 4) is 0 Å². The van der Waals surface area contributed by atoms with Crippen LogP contribution in [0.2, 0.25) is 0 Å². The maximum absolute atomic E-state index is 12.1. The first-order valence-electron chi connectivity index (χ1n) is 27.9. The van der Waals surface area contributed by atoms with Crippen LogP contribution in [0.25, 0.3) is 0 Å². The van der Waals surface area contributed by atoms with E-state index in [4.69, 9.17) is 23.1 Å². The van der Waals surface area contributed by atoms with Gasteiger partial charge in [-0.2, -0.15) is 26.3 Å². The van der Waals surface area contributed by atoms with Gasteiger partial charge in [0.15, 0.2) is 0 Å². The van der Waals surface area contributed by atoms with E-state index in [1.54, 1.807) is 19.6 Å². The molecule has 0 aromatic carbocycles. The van der Waals surface area contributed by atoms with Crippen LogP contribution in [0.4, 0.5) is 19.2 Å². The van der Waals surface area contributed by atoms with Crippen LogP contribution in [0.3, 0.4) is 0 Å². The zero-order chi connectivity index (χ0) is 60.2. The van der Waals surface area contributed by atoms with E-state index >= 15 is 0 Å². The van der Waals surface area contributed by atoms with E-state index in [9.17, 15) is 44.4 Å². The molecule has 1 aliphatic carbocycles. The molecule has 5 rings (SSSR count). The summed E-state index contributed by atoms with van der Waals surface area (Å²) in [6, 6.07) is 0.144. The minimum atomic E-state index is -3.68. The number of rotatable bonds is 16. The van der Waals surface area contributed by atoms with Gasteiger partial charge in [0.05, 0.1) is 19.5 Å². The zero-order valence-electron chi connectivity index (χ0n) is 50.1. The molecular formula is C52H100N8O16S3. The monoisotopic (exact) mass is 1190 g/mol. The van der Waals surface area contributed by atoms with Crippen LogP contribution in [0, 0.1) is 11.8 Å². The van der Waals surface area contributed by atoms with Crippen molar-refractivity contribution in [2.75, 3.05) is 72.8 Å². The molecule has 27 heteroatoms. The summed E-state index contributed by atoms with van der Waals surface area (Å²) in [7, 11) is -8.10. The van der Waals surface area contributed by atoms with E-state index in [1.807, 2.05) is 69.2 Å². The highest BCUT2D eigenvalue weighted by Crippen LogP contribution is 2.27. The Hall–Kier alpha value is -3.73. The average molecular weight is 1190 g/mol. The number of carbonyl (C=O) groups is 4. The molecule has 0 aromatic heterocycles. The molecule has 0 unspecified atom stereocenters. The van der Waals surface area contributed by atoms with Gasteiger partial charge in [0.1, 0.15) is 22.9 Å². The van der Waals surface area contributed by atoms with E-state index in [0.29, 0.717) is 89.8 Å². The lowest BCUT2D eigenvalue weighted by molar-refractivity contribution is -0.0215. The maximum Gasteiger partial charge on any atom is 0.410 e. The standard InChI is InChI=1S/C15H28N2O2.C13H26N2O5S.C12H22N2O5S.C12H24N2O4S/c1-11(2)16-12(3)13-7-9-17(10-8-13)14(18)19-15(4,5)6;1-10(2)13(3,4)19-12(16)15-8-6-11(7-9-15)20-21(17,18)14-5;1-18-20(16,17)13-10-6-8-14(9-7-10)12(15)19-11-4-2-3-5-11;1-5-12(2,3)18-11(15)14-8-6-10(7-9-14)13-19(4,16)17/h11,13,16H,3,7-10H2,1-2,4-6H3;10-11,14H,6-9H2,1-5H3;10-11,13H,2-9H2,1H3;10,13H,5-9H2,1-4H3. The van der Waals surface area contributed by atoms with Crippen LogP contribution in [0.15, 0.2) is 12.3 Å². The van der Waals surface area contributed by atoms with Crippen molar-refractivity contribution >= 4 is 55.0 Å². The number of nitrogens with one attached hydrogen (secondary N) is 4. The van der Waals surface area contributed by atoms with Crippen molar-refractivity contribution in [2.45, 2.75) is 214 Å². The molecule has 4 saturated heterocycles. The highest BCUT2D eigenvalue weighted by Gasteiger charge is 2.34. The van der Waals surface area contributed by atoms with Crippen LogP contribution in [0.1, 0.15) is 167 Å². The summed E-state index contributed by atoms with van der Waals surface area (Å²) in [5.74, 6) is 0.671. The van der Waals surface area contributed by atoms with Crippen LogP contribution < -0.4 is 19.5 Å². The molecule has 79 heavy (non-hydrogen) atoms. The molecule has 1 saturated carbocycles. The molecule has 4 heterocycles. The number of nitrogens with zero attached hydrogens (tertiary/aromatic N) is 4. The molecule has 24 nitrogen and oxygen atoms in total. The molecular weight excluding hydrogens is 1090 g/mol. The minimum Gasteiger partial charge on any atom is -0.446 e. The molecule has 0 radical (unpaired) electrons. The van der Waals surface area contributed by atoms with Gasteiger partial charge in [0.2, 0.25) is 10.0 Å². The number of carbonyl (C=O) groups excluding carboxylic acids is 4. The molecule has 462 valence electrons. The fourth-order valence-corrected chi connectivity index (χ4v) is 10.7. The Morgan fingerprint density at radius 1 is 0.582 bits per heavy atom. The lowest BCUT2D eigenvalue weighted by atomic mass is 9.94. The summed E-state index contributed by atoms with van der Waals surface area (Å²) in [5.41, 5.74) is -0.311. The fraction of sp³-hybridized carbons (Fsp3) is 0.885. The number of hydrogen-bond acceptors (Lipinski definition) is 17. The third-order valence-electron chi connectivity index (χ3n) is 14.3. The number of amides is 4. The van der Waals surface area contributed by atoms with Gasteiger partial charge in [-0.05, 0) is 152 Å². The summed E-state index contributed by atoms with van der Waals surface area (Å²) in [6.45, 7) is 31.9. The topological polar surface area (TPSA) is 287 Å². The summed E-state index contributed by atoms with van der Waals surface area (Å²) in [6.07, 6.45) is 9.81. The van der Waals surface area contributed by atoms with Crippen LogP contribution >= 0.6 is 0 Å². The van der Waals surface area contributed by atoms with E-state index < -0.39 is 53.5 Å². The number of ether oxygens (including phenoxy) is 4. The molecule has 4 amide bonds. The third kappa shape index (κ3) is 28.7. The Bertz CT molecular complexity index is 2240. The highest BCUT2D eigenvalue weighted by molar-refractivity contribution is 7.88. The van der Waals surface area contributed by atoms with Crippen molar-refractivity contribution in [1.29, 1.82) is 0 Å². The Morgan fingerprint density at radius 2 is 1.00 bits per heavy atom. The first-order chi connectivity index (χ1) is 36.4. The minimum absolute atomic E-state index is 0.0622. The van der Waals surface area contributed by atoms with E-state index in [2.05, 4.69) is 44.1 Å². The Labute approximate surface area is 474 Å². The second-order valence-corrected chi connectivity index (χ2v) is 28.3. The van der Waals surface area contributed by atoms with E-state index in [-0.39, 0.29) is 48.5 Å². The summed E-state index contributed by atoms with van der Waals surface area (Å²) >= 11 is 0. The Kier molecular flexibility index (Phi) is 29.1. The van der Waals surface area contributed by atoms with Gasteiger partial charge in [-0.1, -0.05) is 27.4 Å².